The molecule has 0 radical (unpaired) electrons. The average Bonchev–Trinajstić information content (AvgIpc) is 1.13. The minimum absolute atomic E-state index is 0.0202. The molecule has 0 saturated heterocycles. The molecule has 5 N–H and O–H groups in total. The standard InChI is InChI=1S/C15H24O.C14H21ClO.C14H21FO.C14H18N2.2C14H22O.C13H18O2/c1-10(2)14(15(5,6)16)13-8-7-11(3)12(4)9-13;1-9(2)13(14(4,5)16)11-7-6-10(3)12(15)8-11;1-9(2)13(14(4,5)16)11-6-7-12(15)10(3)8-11;1-11(2)14(12-7-5-4-6-8-12)13-9-10-15-16(13)3;2*1-10(2)13(14(4,5)15)12-8-6-11(3)7-9-12;1-9(2)12(13(14)15-4)11-7-5-10(3)6-8-11/h7-10,14,16H,1-6H3;2*6-9,13,16H,1-5H3;4-11,14H,1-3H3;2*6-10,13,15H,1-5H3;5-9,12H,1-4H3/t14-;2*13-;14-;2*13-;12-/m0100100/s1. The summed E-state index contributed by atoms with van der Waals surface area (Å²) in [5.74, 6) is 3.42. The number of esters is 1. The van der Waals surface area contributed by atoms with Crippen molar-refractivity contribution in [2.24, 2.45) is 48.5 Å². The Kier molecular flexibility index (Phi) is 39.6. The van der Waals surface area contributed by atoms with Crippen molar-refractivity contribution in [2.45, 2.75) is 284 Å². The highest BCUT2D eigenvalue weighted by molar-refractivity contribution is 6.31. The Hall–Kier alpha value is -6.76. The monoisotopic (exact) mass is 1520 g/mol. The predicted octanol–water partition coefficient (Wildman–Crippen LogP) is 24.7. The average molecular weight is 1520 g/mol. The number of carbonyl (C=O) groups is 1. The minimum atomic E-state index is -0.793. The Morgan fingerprint density at radius 2 is 0.688 bits per heavy atom. The molecule has 7 aromatic carbocycles. The van der Waals surface area contributed by atoms with Gasteiger partial charge in [-0.05, 0) is 239 Å². The fraction of sp³-hybridized carbons (Fsp3) is 0.531. The molecule has 0 aliphatic carbocycles. The molecule has 8 aromatic rings. The van der Waals surface area contributed by atoms with E-state index in [1.807, 2.05) is 143 Å². The highest BCUT2D eigenvalue weighted by atomic mass is 35.5. The Labute approximate surface area is 667 Å². The summed E-state index contributed by atoms with van der Waals surface area (Å²) < 4.78 is 20.0. The van der Waals surface area contributed by atoms with Gasteiger partial charge >= 0.3 is 5.97 Å². The van der Waals surface area contributed by atoms with Crippen LogP contribution < -0.4 is 0 Å². The molecule has 0 spiro atoms. The van der Waals surface area contributed by atoms with Crippen molar-refractivity contribution in [1.82, 2.24) is 9.78 Å². The number of aliphatic hydroxyl groups is 5. The number of carbonyl (C=O) groups excluding carboxylic acids is 1. The van der Waals surface area contributed by atoms with Crippen molar-refractivity contribution in [3.05, 3.63) is 264 Å². The molecule has 109 heavy (non-hydrogen) atoms. The van der Waals surface area contributed by atoms with Gasteiger partial charge in [-0.25, -0.2) is 4.39 Å². The van der Waals surface area contributed by atoms with Crippen LogP contribution in [-0.4, -0.2) is 76.4 Å². The number of hydrogen-bond acceptors (Lipinski definition) is 8. The number of halogens is 2. The summed E-state index contributed by atoms with van der Waals surface area (Å²) in [4.78, 5) is 11.6. The molecule has 0 amide bonds. The fourth-order valence-corrected chi connectivity index (χ4v) is 16.3. The lowest BCUT2D eigenvalue weighted by atomic mass is 9.76. The fourth-order valence-electron chi connectivity index (χ4n) is 16.2. The molecule has 11 heteroatoms. The van der Waals surface area contributed by atoms with Crippen LogP contribution >= 0.6 is 11.6 Å². The van der Waals surface area contributed by atoms with Gasteiger partial charge in [-0.3, -0.25) is 9.48 Å². The maximum Gasteiger partial charge on any atom is 0.313 e. The summed E-state index contributed by atoms with van der Waals surface area (Å²) in [5.41, 5.74) is 14.0. The van der Waals surface area contributed by atoms with E-state index in [4.69, 9.17) is 16.3 Å². The molecular weight excluding hydrogens is 1370 g/mol. The summed E-state index contributed by atoms with van der Waals surface area (Å²) in [6, 6.07) is 55.3. The van der Waals surface area contributed by atoms with E-state index in [2.05, 4.69) is 225 Å². The van der Waals surface area contributed by atoms with Crippen molar-refractivity contribution in [1.29, 1.82) is 0 Å². The lowest BCUT2D eigenvalue weighted by Gasteiger charge is -2.33. The van der Waals surface area contributed by atoms with Crippen LogP contribution in [0.2, 0.25) is 5.02 Å². The van der Waals surface area contributed by atoms with Crippen LogP contribution in [0.3, 0.4) is 0 Å². The van der Waals surface area contributed by atoms with Crippen LogP contribution in [0.25, 0.3) is 0 Å². The molecular formula is C98H146ClFN2O7. The SMILES string of the molecule is CC(C)[C@@H](c1ccccc1)c1ccnn1C.COC(=O)[C@H](c1ccc(C)cc1)C(C)C.Cc1cc([C@H](C(C)C)C(C)(C)O)ccc1F.Cc1ccc([C@@H](C(C)C)C(C)(C)O)cc1.Cc1ccc([C@@H](C(C)C)C(C)(C)O)cc1Cl.Cc1ccc([C@H](C(C)C)C(C)(C)O)cc1.Cc1ccc([C@H](C(C)C)C(C)(C)O)cc1C. The molecule has 0 saturated carbocycles. The Morgan fingerprint density at radius 3 is 0.972 bits per heavy atom. The van der Waals surface area contributed by atoms with E-state index in [1.54, 1.807) is 26.8 Å². The van der Waals surface area contributed by atoms with Gasteiger partial charge in [0.1, 0.15) is 5.82 Å². The second-order valence-corrected chi connectivity index (χ2v) is 36.1. The van der Waals surface area contributed by atoms with Gasteiger partial charge in [-0.15, -0.1) is 0 Å². The van der Waals surface area contributed by atoms with E-state index >= 15 is 0 Å². The number of aromatic nitrogens is 2. The molecule has 8 rings (SSSR count). The Bertz CT molecular complexity index is 3670. The minimum Gasteiger partial charge on any atom is -0.469 e. The first-order valence-electron chi connectivity index (χ1n) is 39.6. The van der Waals surface area contributed by atoms with Crippen molar-refractivity contribution >= 4 is 17.6 Å². The highest BCUT2D eigenvalue weighted by Gasteiger charge is 2.36. The zero-order valence-electron chi connectivity index (χ0n) is 73.5. The van der Waals surface area contributed by atoms with Crippen molar-refractivity contribution in [3.63, 3.8) is 0 Å². The van der Waals surface area contributed by atoms with Gasteiger partial charge in [0, 0.05) is 59.5 Å². The van der Waals surface area contributed by atoms with Crippen LogP contribution in [0.1, 0.15) is 291 Å². The molecule has 0 fully saturated rings. The summed E-state index contributed by atoms with van der Waals surface area (Å²) in [6.45, 7) is 62.7. The summed E-state index contributed by atoms with van der Waals surface area (Å²) in [7, 11) is 3.44. The van der Waals surface area contributed by atoms with Gasteiger partial charge in [-0.2, -0.15) is 5.10 Å². The summed E-state index contributed by atoms with van der Waals surface area (Å²) in [5, 5.41) is 56.0. The first-order chi connectivity index (χ1) is 50.1. The molecule has 9 nitrogen and oxygen atoms in total. The van der Waals surface area contributed by atoms with Gasteiger partial charge < -0.3 is 30.3 Å². The second-order valence-electron chi connectivity index (χ2n) is 35.7. The zero-order valence-corrected chi connectivity index (χ0v) is 74.2. The largest absolute Gasteiger partial charge is 0.469 e. The van der Waals surface area contributed by atoms with E-state index in [0.717, 1.165) is 27.3 Å². The topological polar surface area (TPSA) is 145 Å². The molecule has 0 aliphatic rings. The molecule has 0 bridgehead atoms. The van der Waals surface area contributed by atoms with Crippen molar-refractivity contribution in [2.75, 3.05) is 7.11 Å². The number of rotatable bonds is 21. The second kappa shape index (κ2) is 43.9. The van der Waals surface area contributed by atoms with E-state index in [0.29, 0.717) is 47.0 Å². The molecule has 0 unspecified atom stereocenters. The molecule has 0 aliphatic heterocycles. The zero-order chi connectivity index (χ0) is 83.8. The molecule has 7 atom stereocenters. The van der Waals surface area contributed by atoms with Gasteiger partial charge in [0.15, 0.2) is 0 Å². The van der Waals surface area contributed by atoms with E-state index in [1.165, 1.54) is 68.9 Å². The maximum atomic E-state index is 13.2. The lowest BCUT2D eigenvalue weighted by molar-refractivity contribution is -0.143. The summed E-state index contributed by atoms with van der Waals surface area (Å²) in [6.07, 6.45) is 1.87. The Balaban J connectivity index is 0.000000432. The van der Waals surface area contributed by atoms with E-state index in [-0.39, 0.29) is 53.2 Å². The van der Waals surface area contributed by atoms with Gasteiger partial charge in [-0.1, -0.05) is 271 Å². The number of aryl methyl sites for hydroxylation is 8. The van der Waals surface area contributed by atoms with Crippen molar-refractivity contribution in [3.8, 4) is 0 Å². The normalized spacial score (nSPS) is 13.9. The number of nitrogens with zero attached hydrogens (tertiary/aromatic N) is 2. The van der Waals surface area contributed by atoms with Crippen LogP contribution in [0.4, 0.5) is 4.39 Å². The first-order valence-corrected chi connectivity index (χ1v) is 40.0. The number of ether oxygens (including phenoxy) is 1. The summed E-state index contributed by atoms with van der Waals surface area (Å²) >= 11 is 6.13. The van der Waals surface area contributed by atoms with Crippen LogP contribution in [0, 0.1) is 95.7 Å². The van der Waals surface area contributed by atoms with Gasteiger partial charge in [0.2, 0.25) is 0 Å². The predicted molar refractivity (Wildman–Crippen MR) is 462 cm³/mol. The molecule has 604 valence electrons. The van der Waals surface area contributed by atoms with Crippen molar-refractivity contribution < 1.29 is 39.5 Å². The number of benzene rings is 7. The van der Waals surface area contributed by atoms with Crippen LogP contribution in [-0.2, 0) is 16.6 Å². The molecule has 1 heterocycles. The third-order valence-electron chi connectivity index (χ3n) is 20.6. The number of hydrogen-bond donors (Lipinski definition) is 5. The van der Waals surface area contributed by atoms with Crippen LogP contribution in [0.15, 0.2) is 170 Å². The van der Waals surface area contributed by atoms with E-state index < -0.39 is 28.0 Å². The lowest BCUT2D eigenvalue weighted by Crippen LogP contribution is -2.32. The van der Waals surface area contributed by atoms with Gasteiger partial charge in [0.25, 0.3) is 0 Å². The molecule has 1 aromatic heterocycles. The third kappa shape index (κ3) is 32.1. The van der Waals surface area contributed by atoms with Gasteiger partial charge in [0.05, 0.1) is 41.0 Å². The quantitative estimate of drug-likeness (QED) is 0.0447. The number of methoxy groups -OCH3 is 1. The van der Waals surface area contributed by atoms with E-state index in [9.17, 15) is 34.7 Å². The maximum absolute atomic E-state index is 13.2. The van der Waals surface area contributed by atoms with Crippen LogP contribution in [0.5, 0.6) is 0 Å². The highest BCUT2D eigenvalue weighted by Crippen LogP contribution is 2.41. The Morgan fingerprint density at radius 1 is 0.376 bits per heavy atom. The smallest absolute Gasteiger partial charge is 0.313 e. The third-order valence-corrected chi connectivity index (χ3v) is 21.0. The first kappa shape index (κ1) is 98.3.